The first-order valence-corrected chi connectivity index (χ1v) is 4.46. The molecule has 0 aromatic heterocycles. The minimum atomic E-state index is -0.913. The lowest BCUT2D eigenvalue weighted by Crippen LogP contribution is -2.21. The van der Waals surface area contributed by atoms with Crippen LogP contribution in [0.15, 0.2) is 18.2 Å². The van der Waals surface area contributed by atoms with Crippen molar-refractivity contribution >= 4 is 0 Å². The van der Waals surface area contributed by atoms with E-state index in [2.05, 4.69) is 11.2 Å². The van der Waals surface area contributed by atoms with E-state index in [1.54, 1.807) is 0 Å². The average Bonchev–Trinajstić information content (AvgIpc) is 2.23. The fourth-order valence-corrected chi connectivity index (χ4v) is 0.968. The van der Waals surface area contributed by atoms with E-state index in [1.807, 2.05) is 0 Å². The summed E-state index contributed by atoms with van der Waals surface area (Å²) < 4.78 is 30.4. The van der Waals surface area contributed by atoms with Gasteiger partial charge in [0.2, 0.25) is 0 Å². The maximum absolute atomic E-state index is 12.7. The van der Waals surface area contributed by atoms with Gasteiger partial charge in [0.15, 0.2) is 11.6 Å². The lowest BCUT2D eigenvalue weighted by molar-refractivity contribution is 0.314. The number of rotatable bonds is 5. The zero-order chi connectivity index (χ0) is 11.1. The van der Waals surface area contributed by atoms with E-state index in [0.29, 0.717) is 25.4 Å². The SMILES string of the molecule is C#CCNCCOc1ccc(F)c(F)c1. The van der Waals surface area contributed by atoms with Gasteiger partial charge in [0.1, 0.15) is 12.4 Å². The van der Waals surface area contributed by atoms with Gasteiger partial charge in [-0.05, 0) is 12.1 Å². The van der Waals surface area contributed by atoms with Crippen molar-refractivity contribution in [3.63, 3.8) is 0 Å². The molecule has 1 aromatic carbocycles. The maximum atomic E-state index is 12.7. The molecule has 0 saturated heterocycles. The van der Waals surface area contributed by atoms with Gasteiger partial charge in [-0.1, -0.05) is 5.92 Å². The average molecular weight is 211 g/mol. The molecule has 1 rings (SSSR count). The predicted octanol–water partition coefficient (Wildman–Crippen LogP) is 1.57. The molecule has 0 unspecified atom stereocenters. The minimum Gasteiger partial charge on any atom is -0.492 e. The van der Waals surface area contributed by atoms with E-state index < -0.39 is 11.6 Å². The first kappa shape index (κ1) is 11.5. The monoisotopic (exact) mass is 211 g/mol. The Morgan fingerprint density at radius 2 is 2.13 bits per heavy atom. The van der Waals surface area contributed by atoms with Crippen molar-refractivity contribution in [1.29, 1.82) is 0 Å². The van der Waals surface area contributed by atoms with Gasteiger partial charge in [-0.25, -0.2) is 8.78 Å². The summed E-state index contributed by atoms with van der Waals surface area (Å²) in [7, 11) is 0. The highest BCUT2D eigenvalue weighted by atomic mass is 19.2. The maximum Gasteiger partial charge on any atom is 0.162 e. The molecule has 0 amide bonds. The Morgan fingerprint density at radius 1 is 1.33 bits per heavy atom. The van der Waals surface area contributed by atoms with Crippen molar-refractivity contribution in [2.75, 3.05) is 19.7 Å². The molecule has 4 heteroatoms. The summed E-state index contributed by atoms with van der Waals surface area (Å²) in [5.41, 5.74) is 0. The van der Waals surface area contributed by atoms with Gasteiger partial charge in [0, 0.05) is 12.6 Å². The number of hydrogen-bond donors (Lipinski definition) is 1. The number of halogens is 2. The van der Waals surface area contributed by atoms with Crippen LogP contribution in [0, 0.1) is 24.0 Å². The fraction of sp³-hybridized carbons (Fsp3) is 0.273. The zero-order valence-corrected chi connectivity index (χ0v) is 8.09. The summed E-state index contributed by atoms with van der Waals surface area (Å²) in [5, 5.41) is 2.90. The van der Waals surface area contributed by atoms with Crippen LogP contribution in [0.5, 0.6) is 5.75 Å². The Balaban J connectivity index is 2.32. The van der Waals surface area contributed by atoms with Gasteiger partial charge < -0.3 is 10.1 Å². The Morgan fingerprint density at radius 3 is 2.80 bits per heavy atom. The van der Waals surface area contributed by atoms with Crippen LogP contribution in [-0.2, 0) is 0 Å². The van der Waals surface area contributed by atoms with Crippen LogP contribution in [0.1, 0.15) is 0 Å². The number of benzene rings is 1. The van der Waals surface area contributed by atoms with Crippen molar-refractivity contribution in [2.45, 2.75) is 0 Å². The summed E-state index contributed by atoms with van der Waals surface area (Å²) >= 11 is 0. The molecular formula is C11H11F2NO. The van der Waals surface area contributed by atoms with Crippen LogP contribution in [0.2, 0.25) is 0 Å². The highest BCUT2D eigenvalue weighted by molar-refractivity contribution is 5.23. The van der Waals surface area contributed by atoms with Crippen molar-refractivity contribution in [3.05, 3.63) is 29.8 Å². The predicted molar refractivity (Wildman–Crippen MR) is 53.6 cm³/mol. The Kier molecular flexibility index (Phi) is 4.58. The van der Waals surface area contributed by atoms with Gasteiger partial charge in [0.25, 0.3) is 0 Å². The highest BCUT2D eigenvalue weighted by Crippen LogP contribution is 2.14. The smallest absolute Gasteiger partial charge is 0.162 e. The first-order chi connectivity index (χ1) is 7.24. The number of hydrogen-bond acceptors (Lipinski definition) is 2. The van der Waals surface area contributed by atoms with Crippen LogP contribution in [0.25, 0.3) is 0 Å². The summed E-state index contributed by atoms with van der Waals surface area (Å²) in [6.07, 6.45) is 5.01. The van der Waals surface area contributed by atoms with Gasteiger partial charge in [0.05, 0.1) is 6.54 Å². The standard InChI is InChI=1S/C11H11F2NO/c1-2-5-14-6-7-15-9-3-4-10(12)11(13)8-9/h1,3-4,8,14H,5-7H2. The second kappa shape index (κ2) is 5.99. The second-order valence-corrected chi connectivity index (χ2v) is 2.81. The second-order valence-electron chi connectivity index (χ2n) is 2.81. The van der Waals surface area contributed by atoms with Gasteiger partial charge in [-0.3, -0.25) is 0 Å². The lowest BCUT2D eigenvalue weighted by atomic mass is 10.3. The summed E-state index contributed by atoms with van der Waals surface area (Å²) in [4.78, 5) is 0. The normalized spacial score (nSPS) is 9.67. The third kappa shape index (κ3) is 3.96. The molecule has 0 aliphatic heterocycles. The molecule has 0 spiro atoms. The molecule has 1 aromatic rings. The van der Waals surface area contributed by atoms with E-state index in [4.69, 9.17) is 11.2 Å². The molecule has 0 saturated carbocycles. The summed E-state index contributed by atoms with van der Waals surface area (Å²) in [6, 6.07) is 3.41. The summed E-state index contributed by atoms with van der Waals surface area (Å²) in [6.45, 7) is 1.37. The van der Waals surface area contributed by atoms with Gasteiger partial charge in [-0.2, -0.15) is 0 Å². The van der Waals surface area contributed by atoms with E-state index in [9.17, 15) is 8.78 Å². The molecule has 0 aliphatic rings. The minimum absolute atomic E-state index is 0.302. The van der Waals surface area contributed by atoms with Crippen molar-refractivity contribution in [3.8, 4) is 18.1 Å². The van der Waals surface area contributed by atoms with Gasteiger partial charge >= 0.3 is 0 Å². The highest BCUT2D eigenvalue weighted by Gasteiger charge is 2.02. The van der Waals surface area contributed by atoms with Crippen LogP contribution in [0.3, 0.4) is 0 Å². The third-order valence-electron chi connectivity index (χ3n) is 1.67. The number of nitrogens with one attached hydrogen (secondary N) is 1. The molecule has 0 aliphatic carbocycles. The van der Waals surface area contributed by atoms with Crippen LogP contribution in [0.4, 0.5) is 8.78 Å². The largest absolute Gasteiger partial charge is 0.492 e. The van der Waals surface area contributed by atoms with Crippen molar-refractivity contribution in [1.82, 2.24) is 5.32 Å². The Hall–Kier alpha value is -1.60. The fourth-order valence-electron chi connectivity index (χ4n) is 0.968. The molecular weight excluding hydrogens is 200 g/mol. The van der Waals surface area contributed by atoms with Crippen molar-refractivity contribution < 1.29 is 13.5 Å². The molecule has 1 N–H and O–H groups in total. The molecule has 2 nitrogen and oxygen atoms in total. The quantitative estimate of drug-likeness (QED) is 0.589. The molecule has 0 heterocycles. The van der Waals surface area contributed by atoms with Crippen molar-refractivity contribution in [2.24, 2.45) is 0 Å². The van der Waals surface area contributed by atoms with Gasteiger partial charge in [-0.15, -0.1) is 6.42 Å². The Labute approximate surface area is 87.2 Å². The van der Waals surface area contributed by atoms with Crippen LogP contribution < -0.4 is 10.1 Å². The molecule has 0 atom stereocenters. The topological polar surface area (TPSA) is 21.3 Å². The number of ether oxygens (including phenoxy) is 1. The molecule has 0 bridgehead atoms. The Bertz CT molecular complexity index is 360. The zero-order valence-electron chi connectivity index (χ0n) is 8.09. The number of terminal acetylenes is 1. The van der Waals surface area contributed by atoms with E-state index in [0.717, 1.165) is 12.1 Å². The van der Waals surface area contributed by atoms with E-state index in [1.165, 1.54) is 6.07 Å². The van der Waals surface area contributed by atoms with Crippen LogP contribution >= 0.6 is 0 Å². The third-order valence-corrected chi connectivity index (χ3v) is 1.67. The molecule has 15 heavy (non-hydrogen) atoms. The van der Waals surface area contributed by atoms with E-state index in [-0.39, 0.29) is 0 Å². The molecule has 0 radical (unpaired) electrons. The summed E-state index contributed by atoms with van der Waals surface area (Å²) in [5.74, 6) is 0.914. The van der Waals surface area contributed by atoms with Crippen LogP contribution in [-0.4, -0.2) is 19.7 Å². The first-order valence-electron chi connectivity index (χ1n) is 4.46. The van der Waals surface area contributed by atoms with E-state index >= 15 is 0 Å². The lowest BCUT2D eigenvalue weighted by Gasteiger charge is -2.06. The molecule has 0 fully saturated rings. The molecule has 80 valence electrons.